The van der Waals surface area contributed by atoms with Crippen LogP contribution in [0.4, 0.5) is 14.9 Å². The van der Waals surface area contributed by atoms with Crippen LogP contribution >= 0.6 is 26.8 Å². The Morgan fingerprint density at radius 2 is 1.72 bits per heavy atom. The first-order valence-electron chi connectivity index (χ1n) is 14.3. The molecule has 2 aliphatic rings. The van der Waals surface area contributed by atoms with Gasteiger partial charge in [0.15, 0.2) is 5.40 Å². The molecule has 0 radical (unpaired) electrons. The van der Waals surface area contributed by atoms with Gasteiger partial charge < -0.3 is 44.2 Å². The van der Waals surface area contributed by atoms with E-state index < -0.39 is 61.9 Å². The Balaban J connectivity index is 1.32. The van der Waals surface area contributed by atoms with Crippen LogP contribution < -0.4 is 20.4 Å². The maximum absolute atomic E-state index is 15.7. The summed E-state index contributed by atoms with van der Waals surface area (Å²) in [6.45, 7) is 0.533. The normalized spacial score (nSPS) is 17.6. The summed E-state index contributed by atoms with van der Waals surface area (Å²) >= 11 is 6.78. The summed E-state index contributed by atoms with van der Waals surface area (Å²) in [6.07, 6.45) is 3.16. The number of halogens is 2. The van der Waals surface area contributed by atoms with Crippen molar-refractivity contribution in [1.29, 1.82) is 0 Å². The van der Waals surface area contributed by atoms with Crippen molar-refractivity contribution >= 4 is 55.4 Å². The van der Waals surface area contributed by atoms with Gasteiger partial charge in [-0.15, -0.1) is 0 Å². The number of amides is 1. The summed E-state index contributed by atoms with van der Waals surface area (Å²) in [7, 11) is -10.2. The Hall–Kier alpha value is -3.29. The van der Waals surface area contributed by atoms with E-state index >= 15 is 4.39 Å². The van der Waals surface area contributed by atoms with Crippen molar-refractivity contribution in [2.24, 2.45) is 0 Å². The number of carboxylic acids is 1. The Morgan fingerprint density at radius 1 is 1.07 bits per heavy atom. The fourth-order valence-corrected chi connectivity index (χ4v) is 8.49. The maximum Gasteiger partial charge on any atom is 0.412 e. The van der Waals surface area contributed by atoms with Gasteiger partial charge in [0.05, 0.1) is 21.6 Å². The molecule has 2 aromatic carbocycles. The molecule has 0 spiro atoms. The molecule has 0 bridgehead atoms. The molecule has 1 aliphatic carbocycles. The number of carboxylic acid groups (broad SMARTS) is 1. The van der Waals surface area contributed by atoms with Crippen LogP contribution in [-0.4, -0.2) is 65.8 Å². The molecule has 6 N–H and O–H groups in total. The van der Waals surface area contributed by atoms with Crippen LogP contribution in [0, 0.1) is 5.82 Å². The number of carbonyl (C=O) groups excluding carboxylic acids is 1. The molecule has 18 heteroatoms. The van der Waals surface area contributed by atoms with Crippen LogP contribution in [0.3, 0.4) is 0 Å². The van der Waals surface area contributed by atoms with Crippen LogP contribution in [0.1, 0.15) is 54.1 Å². The van der Waals surface area contributed by atoms with Crippen molar-refractivity contribution in [3.05, 3.63) is 68.7 Å². The lowest BCUT2D eigenvalue weighted by atomic mass is 10.1. The van der Waals surface area contributed by atoms with E-state index in [1.54, 1.807) is 9.47 Å². The zero-order valence-electron chi connectivity index (χ0n) is 24.1. The molecule has 46 heavy (non-hydrogen) atoms. The Kier molecular flexibility index (Phi) is 9.68. The summed E-state index contributed by atoms with van der Waals surface area (Å²) in [6, 6.07) is 5.69. The van der Waals surface area contributed by atoms with E-state index in [1.807, 2.05) is 0 Å². The monoisotopic (exact) mass is 701 g/mol. The molecule has 0 unspecified atom stereocenters. The van der Waals surface area contributed by atoms with E-state index in [9.17, 15) is 48.2 Å². The Labute approximate surface area is 266 Å². The summed E-state index contributed by atoms with van der Waals surface area (Å²) in [5.74, 6) is -2.17. The van der Waals surface area contributed by atoms with E-state index in [2.05, 4.69) is 5.32 Å². The Bertz CT molecular complexity index is 1820. The summed E-state index contributed by atoms with van der Waals surface area (Å²) < 4.78 is 45.8. The molecule has 1 aliphatic heterocycles. The zero-order valence-corrected chi connectivity index (χ0v) is 26.6. The van der Waals surface area contributed by atoms with Crippen LogP contribution in [0.25, 0.3) is 10.9 Å². The van der Waals surface area contributed by atoms with Gasteiger partial charge in [0.25, 0.3) is 0 Å². The third-order valence-electron chi connectivity index (χ3n) is 7.99. The number of carbonyl (C=O) groups is 2. The number of anilines is 1. The predicted molar refractivity (Wildman–Crippen MR) is 165 cm³/mol. The molecule has 14 nitrogen and oxygen atoms in total. The molecule has 1 atom stereocenters. The summed E-state index contributed by atoms with van der Waals surface area (Å²) in [5, 5.41) is 9.90. The van der Waals surface area contributed by atoms with Gasteiger partial charge in [-0.2, -0.15) is 0 Å². The zero-order chi connectivity index (χ0) is 33.6. The number of fused-ring (bicyclic) bond motifs is 1. The minimum atomic E-state index is -5.11. The molecule has 1 saturated heterocycles. The number of benzene rings is 2. The number of rotatable bonds is 9. The number of nitrogens with one attached hydrogen (secondary N) is 1. The number of hydrogen-bond acceptors (Lipinski definition) is 7. The van der Waals surface area contributed by atoms with Crippen molar-refractivity contribution in [2.45, 2.75) is 56.0 Å². The lowest BCUT2D eigenvalue weighted by Crippen LogP contribution is -2.44. The molecular weight excluding hydrogens is 671 g/mol. The first kappa shape index (κ1) is 34.1. The topological polar surface area (TPSA) is 216 Å². The van der Waals surface area contributed by atoms with E-state index in [1.165, 1.54) is 30.5 Å². The maximum atomic E-state index is 15.7. The highest BCUT2D eigenvalue weighted by Gasteiger charge is 2.43. The van der Waals surface area contributed by atoms with Crippen LogP contribution in [-0.2, 0) is 15.6 Å². The highest BCUT2D eigenvalue weighted by molar-refractivity contribution is 7.70. The molecule has 1 saturated carbocycles. The van der Waals surface area contributed by atoms with Crippen molar-refractivity contribution in [2.75, 3.05) is 18.0 Å². The highest BCUT2D eigenvalue weighted by Crippen LogP contribution is 2.60. The second kappa shape index (κ2) is 13.1. The number of ether oxygens (including phenoxy) is 1. The van der Waals surface area contributed by atoms with Gasteiger partial charge in [-0.05, 0) is 62.3 Å². The van der Waals surface area contributed by atoms with Crippen LogP contribution in [0.15, 0.2) is 41.3 Å². The SMILES string of the molecule is O=C(N[C@@H]1CCCCN(c2c(F)cc3c(=O)c(C(=O)O)cn(C4CC4)c3c2Cl)C1)Oc1ccc(CC(P(=O)(O)O)P(=O)(O)O)cc1. The van der Waals surface area contributed by atoms with Crippen molar-refractivity contribution in [3.8, 4) is 5.75 Å². The quantitative estimate of drug-likeness (QED) is 0.173. The number of pyridine rings is 1. The smallest absolute Gasteiger partial charge is 0.412 e. The van der Waals surface area contributed by atoms with E-state index in [-0.39, 0.29) is 45.5 Å². The van der Waals surface area contributed by atoms with Gasteiger partial charge in [0.2, 0.25) is 5.43 Å². The third kappa shape index (κ3) is 7.47. The van der Waals surface area contributed by atoms with Crippen LogP contribution in [0.2, 0.25) is 5.02 Å². The fourth-order valence-electron chi connectivity index (χ4n) is 5.62. The van der Waals surface area contributed by atoms with Gasteiger partial charge in [-0.1, -0.05) is 23.7 Å². The average Bonchev–Trinajstić information content (AvgIpc) is 3.80. The first-order chi connectivity index (χ1) is 21.5. The molecule has 1 amide bonds. The van der Waals surface area contributed by atoms with Crippen LogP contribution in [0.5, 0.6) is 5.75 Å². The lowest BCUT2D eigenvalue weighted by molar-refractivity contribution is 0.0694. The van der Waals surface area contributed by atoms with Crippen molar-refractivity contribution in [1.82, 2.24) is 9.88 Å². The third-order valence-corrected chi connectivity index (χ3v) is 12.1. The van der Waals surface area contributed by atoms with Gasteiger partial charge in [0, 0.05) is 31.4 Å². The molecular formula is C28H31ClFN3O11P2. The molecule has 2 fully saturated rings. The molecule has 1 aromatic heterocycles. The second-order valence-corrected chi connectivity index (χ2v) is 15.8. The number of hydrogen-bond donors (Lipinski definition) is 6. The highest BCUT2D eigenvalue weighted by atomic mass is 35.5. The first-order valence-corrected chi connectivity index (χ1v) is 18.0. The van der Waals surface area contributed by atoms with Gasteiger partial charge in [-0.25, -0.2) is 14.0 Å². The van der Waals surface area contributed by atoms with Crippen molar-refractivity contribution in [3.63, 3.8) is 0 Å². The van der Waals surface area contributed by atoms with E-state index in [4.69, 9.17) is 16.3 Å². The molecule has 5 rings (SSSR count). The van der Waals surface area contributed by atoms with E-state index in [0.717, 1.165) is 18.9 Å². The van der Waals surface area contributed by atoms with Gasteiger partial charge >= 0.3 is 27.3 Å². The second-order valence-electron chi connectivity index (χ2n) is 11.4. The van der Waals surface area contributed by atoms with Gasteiger partial charge in [-0.3, -0.25) is 13.9 Å². The van der Waals surface area contributed by atoms with Crippen molar-refractivity contribution < 1.29 is 52.5 Å². The van der Waals surface area contributed by atoms with Gasteiger partial charge in [0.1, 0.15) is 17.1 Å². The number of aromatic nitrogens is 1. The molecule has 2 heterocycles. The minimum absolute atomic E-state index is 0.0287. The number of aromatic carboxylic acids is 1. The van der Waals surface area contributed by atoms with E-state index in [0.29, 0.717) is 25.8 Å². The minimum Gasteiger partial charge on any atom is -0.477 e. The Morgan fingerprint density at radius 3 is 2.30 bits per heavy atom. The average molecular weight is 702 g/mol. The summed E-state index contributed by atoms with van der Waals surface area (Å²) in [5.41, 5.74) is -0.820. The largest absolute Gasteiger partial charge is 0.477 e. The summed E-state index contributed by atoms with van der Waals surface area (Å²) in [4.78, 5) is 76.4. The lowest BCUT2D eigenvalue weighted by Gasteiger charge is -2.29. The fraction of sp³-hybridized carbons (Fsp3) is 0.393. The molecule has 3 aromatic rings. The number of nitrogens with zero attached hydrogens (tertiary/aromatic N) is 2. The predicted octanol–water partition coefficient (Wildman–Crippen LogP) is 4.20. The standard InChI is InChI=1S/C28H31ClFN3O11P2/c29-23-24-19(26(34)20(27(35)36)14-33(24)17-6-7-17)12-21(30)25(23)32-10-2-1-3-16(13-32)31-28(37)44-18-8-4-15(5-9-18)11-22(45(38,39)40)46(41,42)43/h4-5,8-9,12,14,16-17,22H,1-3,6-7,10-11,13H2,(H,31,37)(H,35,36)(H2,38,39,40)(H2,41,42,43)/t16-/m1/s1. The molecule has 248 valence electrons.